The Balaban J connectivity index is 1.73. The number of carbonyl (C=O) groups excluding carboxylic acids is 1. The summed E-state index contributed by atoms with van der Waals surface area (Å²) >= 11 is 1.65. The van der Waals surface area contributed by atoms with Crippen LogP contribution >= 0.6 is 11.8 Å². The van der Waals surface area contributed by atoms with Crippen LogP contribution in [0.3, 0.4) is 0 Å². The molecular weight excluding hydrogens is 396 g/mol. The standard InChI is InChI=1S/C19H22N4O3S2/c1-20-28(25,26)15-7-5-6-14(10-15)11-21-19(24)12-23-17-9-4-3-8-16(17)22-18(23)13-27-2/h3-10,20H,11-13H2,1-2H3,(H,21,24). The highest BCUT2D eigenvalue weighted by atomic mass is 32.2. The number of fused-ring (bicyclic) bond motifs is 1. The molecule has 7 nitrogen and oxygen atoms in total. The van der Waals surface area contributed by atoms with E-state index in [4.69, 9.17) is 0 Å². The highest BCUT2D eigenvalue weighted by molar-refractivity contribution is 7.97. The van der Waals surface area contributed by atoms with Crippen molar-refractivity contribution in [3.63, 3.8) is 0 Å². The Labute approximate surface area is 168 Å². The normalized spacial score (nSPS) is 11.6. The van der Waals surface area contributed by atoms with Crippen LogP contribution < -0.4 is 10.0 Å². The van der Waals surface area contributed by atoms with Crippen molar-refractivity contribution in [2.45, 2.75) is 23.7 Å². The fourth-order valence-corrected chi connectivity index (χ4v) is 4.16. The van der Waals surface area contributed by atoms with Crippen LogP contribution in [0.2, 0.25) is 0 Å². The predicted octanol–water partition coefficient (Wildman–Crippen LogP) is 2.12. The largest absolute Gasteiger partial charge is 0.350 e. The molecule has 1 aromatic heterocycles. The van der Waals surface area contributed by atoms with Gasteiger partial charge in [0.05, 0.1) is 21.7 Å². The summed E-state index contributed by atoms with van der Waals surface area (Å²) in [6.07, 6.45) is 2.00. The number of imidazole rings is 1. The van der Waals surface area contributed by atoms with E-state index in [1.54, 1.807) is 30.0 Å². The van der Waals surface area contributed by atoms with E-state index in [0.29, 0.717) is 11.3 Å². The highest BCUT2D eigenvalue weighted by Crippen LogP contribution is 2.19. The van der Waals surface area contributed by atoms with Crippen molar-refractivity contribution >= 4 is 38.7 Å². The summed E-state index contributed by atoms with van der Waals surface area (Å²) in [5.74, 6) is 1.41. The molecule has 1 amide bonds. The topological polar surface area (TPSA) is 93.1 Å². The number of benzene rings is 2. The maximum atomic E-state index is 12.5. The molecule has 2 N–H and O–H groups in total. The van der Waals surface area contributed by atoms with Gasteiger partial charge in [0.1, 0.15) is 12.4 Å². The fraction of sp³-hybridized carbons (Fsp3) is 0.263. The van der Waals surface area contributed by atoms with E-state index < -0.39 is 10.0 Å². The Kier molecular flexibility index (Phi) is 6.38. The van der Waals surface area contributed by atoms with E-state index in [9.17, 15) is 13.2 Å². The minimum Gasteiger partial charge on any atom is -0.350 e. The number of nitrogens with zero attached hydrogens (tertiary/aromatic N) is 2. The number of sulfonamides is 1. The van der Waals surface area contributed by atoms with Gasteiger partial charge in [0.2, 0.25) is 15.9 Å². The summed E-state index contributed by atoms with van der Waals surface area (Å²) in [6, 6.07) is 14.2. The van der Waals surface area contributed by atoms with Gasteiger partial charge in [-0.2, -0.15) is 11.8 Å². The molecule has 9 heteroatoms. The van der Waals surface area contributed by atoms with E-state index in [1.165, 1.54) is 13.1 Å². The van der Waals surface area contributed by atoms with E-state index in [1.807, 2.05) is 35.1 Å². The number of aromatic nitrogens is 2. The number of hydrogen-bond acceptors (Lipinski definition) is 5. The minimum absolute atomic E-state index is 0.158. The predicted molar refractivity (Wildman–Crippen MR) is 111 cm³/mol. The van der Waals surface area contributed by atoms with Crippen molar-refractivity contribution < 1.29 is 13.2 Å². The Morgan fingerprint density at radius 2 is 1.96 bits per heavy atom. The van der Waals surface area contributed by atoms with Gasteiger partial charge in [-0.25, -0.2) is 18.1 Å². The number of hydrogen-bond donors (Lipinski definition) is 2. The number of rotatable bonds is 8. The summed E-state index contributed by atoms with van der Waals surface area (Å²) in [5, 5.41) is 2.86. The monoisotopic (exact) mass is 418 g/mol. The molecule has 2 aromatic carbocycles. The second-order valence-electron chi connectivity index (χ2n) is 6.17. The van der Waals surface area contributed by atoms with Crippen LogP contribution in [0.25, 0.3) is 11.0 Å². The van der Waals surface area contributed by atoms with Gasteiger partial charge in [-0.3, -0.25) is 4.79 Å². The molecule has 28 heavy (non-hydrogen) atoms. The van der Waals surface area contributed by atoms with Gasteiger partial charge in [-0.05, 0) is 43.1 Å². The van der Waals surface area contributed by atoms with E-state index in [0.717, 1.165) is 16.9 Å². The SMILES string of the molecule is CNS(=O)(=O)c1cccc(CNC(=O)Cn2c(CSC)nc3ccccc32)c1. The van der Waals surface area contributed by atoms with Crippen molar-refractivity contribution in [3.8, 4) is 0 Å². The van der Waals surface area contributed by atoms with Gasteiger partial charge in [0.25, 0.3) is 0 Å². The van der Waals surface area contributed by atoms with Crippen LogP contribution in [0.15, 0.2) is 53.4 Å². The van der Waals surface area contributed by atoms with Gasteiger partial charge >= 0.3 is 0 Å². The van der Waals surface area contributed by atoms with Crippen LogP contribution in [0.5, 0.6) is 0 Å². The molecule has 3 rings (SSSR count). The fourth-order valence-electron chi connectivity index (χ4n) is 2.88. The van der Waals surface area contributed by atoms with Gasteiger partial charge in [0, 0.05) is 6.54 Å². The van der Waals surface area contributed by atoms with Crippen molar-refractivity contribution in [3.05, 3.63) is 59.9 Å². The van der Waals surface area contributed by atoms with Crippen molar-refractivity contribution in [2.24, 2.45) is 0 Å². The molecular formula is C19H22N4O3S2. The molecule has 0 saturated heterocycles. The number of para-hydroxylation sites is 2. The molecule has 0 fully saturated rings. The summed E-state index contributed by atoms with van der Waals surface area (Å²) < 4.78 is 28.0. The lowest BCUT2D eigenvalue weighted by Crippen LogP contribution is -2.28. The van der Waals surface area contributed by atoms with Crippen LogP contribution in [0.4, 0.5) is 0 Å². The maximum Gasteiger partial charge on any atom is 0.240 e. The van der Waals surface area contributed by atoms with Crippen LogP contribution in [-0.4, -0.2) is 37.2 Å². The number of nitrogens with one attached hydrogen (secondary N) is 2. The second kappa shape index (κ2) is 8.76. The first-order chi connectivity index (χ1) is 13.4. The van der Waals surface area contributed by atoms with E-state index in [-0.39, 0.29) is 23.9 Å². The molecule has 148 valence electrons. The zero-order chi connectivity index (χ0) is 20.1. The van der Waals surface area contributed by atoms with Crippen molar-refractivity contribution in [1.29, 1.82) is 0 Å². The van der Waals surface area contributed by atoms with Gasteiger partial charge in [-0.1, -0.05) is 24.3 Å². The van der Waals surface area contributed by atoms with E-state index in [2.05, 4.69) is 15.0 Å². The zero-order valence-electron chi connectivity index (χ0n) is 15.7. The molecule has 0 aliphatic carbocycles. The molecule has 0 bridgehead atoms. The molecule has 0 radical (unpaired) electrons. The molecule has 0 unspecified atom stereocenters. The third-order valence-electron chi connectivity index (χ3n) is 4.28. The number of amides is 1. The zero-order valence-corrected chi connectivity index (χ0v) is 17.3. The molecule has 1 heterocycles. The quantitative estimate of drug-likeness (QED) is 0.585. The van der Waals surface area contributed by atoms with Gasteiger partial charge < -0.3 is 9.88 Å². The third kappa shape index (κ3) is 4.54. The minimum atomic E-state index is -3.51. The van der Waals surface area contributed by atoms with Crippen LogP contribution in [0.1, 0.15) is 11.4 Å². The summed E-state index contributed by atoms with van der Waals surface area (Å²) in [6.45, 7) is 0.404. The van der Waals surface area contributed by atoms with Crippen molar-refractivity contribution in [2.75, 3.05) is 13.3 Å². The Bertz CT molecular complexity index is 1090. The second-order valence-corrected chi connectivity index (χ2v) is 8.92. The Hall–Kier alpha value is -2.36. The summed E-state index contributed by atoms with van der Waals surface area (Å²) in [4.78, 5) is 17.3. The number of thioether (sulfide) groups is 1. The van der Waals surface area contributed by atoms with Crippen molar-refractivity contribution in [1.82, 2.24) is 19.6 Å². The van der Waals surface area contributed by atoms with Gasteiger partial charge in [0.15, 0.2) is 0 Å². The van der Waals surface area contributed by atoms with Crippen LogP contribution in [-0.2, 0) is 33.7 Å². The van der Waals surface area contributed by atoms with Crippen LogP contribution in [0, 0.1) is 0 Å². The molecule has 3 aromatic rings. The average molecular weight is 419 g/mol. The number of carbonyl (C=O) groups is 1. The van der Waals surface area contributed by atoms with Gasteiger partial charge in [-0.15, -0.1) is 0 Å². The van der Waals surface area contributed by atoms with E-state index >= 15 is 0 Å². The molecule has 0 aliphatic heterocycles. The molecule has 0 saturated carbocycles. The average Bonchev–Trinajstić information content (AvgIpc) is 3.04. The molecule has 0 aliphatic rings. The third-order valence-corrected chi connectivity index (χ3v) is 6.23. The lowest BCUT2D eigenvalue weighted by Gasteiger charge is -2.10. The molecule has 0 spiro atoms. The summed E-state index contributed by atoms with van der Waals surface area (Å²) in [7, 11) is -2.15. The first kappa shape index (κ1) is 20.4. The lowest BCUT2D eigenvalue weighted by molar-refractivity contribution is -0.121. The highest BCUT2D eigenvalue weighted by Gasteiger charge is 2.14. The Morgan fingerprint density at radius 1 is 1.18 bits per heavy atom. The maximum absolute atomic E-state index is 12.5. The first-order valence-corrected chi connectivity index (χ1v) is 11.5. The molecule has 0 atom stereocenters. The lowest BCUT2D eigenvalue weighted by atomic mass is 10.2. The first-order valence-electron chi connectivity index (χ1n) is 8.67. The smallest absolute Gasteiger partial charge is 0.240 e. The Morgan fingerprint density at radius 3 is 2.71 bits per heavy atom. The summed E-state index contributed by atoms with van der Waals surface area (Å²) in [5.41, 5.74) is 2.50.